The van der Waals surface area contributed by atoms with Crippen LogP contribution in [-0.2, 0) is 33.4 Å². The highest BCUT2D eigenvalue weighted by Crippen LogP contribution is 2.62. The van der Waals surface area contributed by atoms with Crippen LogP contribution in [-0.4, -0.2) is 102 Å². The standard InChI is InChI=1S/C39H56N4O7S2/c1-5-20(2)37(47)50-38(3)9-8-22-19-51-52-30-11-25(18-44)35(41-4)27-17-43(36(27)30)32(45)12-24-16-42-31(40)13-26(24)34(22)39(38)15-23-10-21-6-7-33(46)48-28(21)14-29(23)49-39/h5,8,18,21,23-31,34-36,41-42H,6-7,9-17,19,40H2,1-4H3/t21?,23?,24?,25-,26?,27+,28?,29?,30+,31?,34+,35+,36-,38+,39+/m1/s1. The molecule has 286 valence electrons. The summed E-state index contributed by atoms with van der Waals surface area (Å²) in [5.74, 6) is 1.07. The number of rotatable bonds is 4. The zero-order valence-electron chi connectivity index (χ0n) is 30.9. The fraction of sp³-hybridized carbons (Fsp3) is 0.795. The zero-order valence-corrected chi connectivity index (χ0v) is 32.6. The first-order chi connectivity index (χ1) is 25.0. The molecule has 0 aromatic carbocycles. The Morgan fingerprint density at radius 1 is 1.15 bits per heavy atom. The number of carbonyl (C=O) groups excluding carboxylic acids is 4. The van der Waals surface area contributed by atoms with Gasteiger partial charge in [0.15, 0.2) is 0 Å². The number of piperidine rings is 1. The van der Waals surface area contributed by atoms with Crippen molar-refractivity contribution in [3.8, 4) is 0 Å². The highest BCUT2D eigenvalue weighted by Gasteiger charge is 2.68. The van der Waals surface area contributed by atoms with Crippen molar-refractivity contribution in [1.82, 2.24) is 15.5 Å². The van der Waals surface area contributed by atoms with E-state index in [1.165, 1.54) is 5.57 Å². The normalized spacial score (nSPS) is 47.5. The number of esters is 2. The number of fused-ring (bicyclic) bond motifs is 6. The average Bonchev–Trinajstić information content (AvgIpc) is 3.48. The van der Waals surface area contributed by atoms with Gasteiger partial charge in [0, 0.05) is 79.1 Å². The van der Waals surface area contributed by atoms with Crippen LogP contribution in [0.3, 0.4) is 0 Å². The number of carbonyl (C=O) groups is 4. The SMILES string of the molecule is CC=C(C)C(=O)O[C@@]1(C)CC=C2CSS[C@H]3C[C@H](C=O)[C@H](NC)[C@@H]4CN(C(=O)CC5CNC(N)CC5[C@H]2[C@@]12CC1CC5CCC(=O)OC5CC1O2)[C@H]43. The lowest BCUT2D eigenvalue weighted by Gasteiger charge is -2.59. The maximum absolute atomic E-state index is 14.4. The summed E-state index contributed by atoms with van der Waals surface area (Å²) in [5, 5.41) is 7.09. The minimum Gasteiger partial charge on any atom is -0.462 e. The third kappa shape index (κ3) is 6.11. The van der Waals surface area contributed by atoms with Crippen LogP contribution >= 0.6 is 21.6 Å². The van der Waals surface area contributed by atoms with Crippen molar-refractivity contribution in [2.24, 2.45) is 47.2 Å². The van der Waals surface area contributed by atoms with Crippen molar-refractivity contribution < 1.29 is 33.4 Å². The number of nitrogens with zero attached hydrogens (tertiary/aromatic N) is 1. The molecule has 0 aromatic rings. The van der Waals surface area contributed by atoms with Crippen molar-refractivity contribution in [3.05, 3.63) is 23.3 Å². The van der Waals surface area contributed by atoms with Crippen LogP contribution < -0.4 is 16.4 Å². The van der Waals surface area contributed by atoms with Crippen LogP contribution in [0.15, 0.2) is 23.3 Å². The number of hydrogen-bond donors (Lipinski definition) is 3. The largest absolute Gasteiger partial charge is 0.462 e. The first-order valence-electron chi connectivity index (χ1n) is 19.6. The molecule has 5 heterocycles. The lowest BCUT2D eigenvalue weighted by molar-refractivity contribution is -0.229. The Bertz CT molecular complexity index is 1530. The molecule has 0 radical (unpaired) electrons. The van der Waals surface area contributed by atoms with Gasteiger partial charge >= 0.3 is 11.9 Å². The maximum atomic E-state index is 14.4. The quantitative estimate of drug-likeness (QED) is 0.126. The summed E-state index contributed by atoms with van der Waals surface area (Å²) >= 11 is 0. The van der Waals surface area contributed by atoms with Gasteiger partial charge in [-0.2, -0.15) is 0 Å². The van der Waals surface area contributed by atoms with Gasteiger partial charge in [-0.05, 0) is 83.6 Å². The summed E-state index contributed by atoms with van der Waals surface area (Å²) in [7, 11) is 5.59. The summed E-state index contributed by atoms with van der Waals surface area (Å²) < 4.78 is 20.1. The number of aldehydes is 1. The number of nitrogens with one attached hydrogen (secondary N) is 2. The molecule has 11 nitrogen and oxygen atoms in total. The van der Waals surface area contributed by atoms with Crippen LogP contribution in [0.25, 0.3) is 0 Å². The van der Waals surface area contributed by atoms with Crippen molar-refractivity contribution in [2.75, 3.05) is 25.9 Å². The van der Waals surface area contributed by atoms with Gasteiger partial charge in [-0.25, -0.2) is 4.79 Å². The molecule has 4 N–H and O–H groups in total. The molecule has 13 heteroatoms. The molecule has 5 saturated heterocycles. The van der Waals surface area contributed by atoms with Gasteiger partial charge in [-0.3, -0.25) is 9.59 Å². The average molecular weight is 757 g/mol. The second-order valence-corrected chi connectivity index (χ2v) is 19.8. The molecule has 8 rings (SSSR count). The maximum Gasteiger partial charge on any atom is 0.334 e. The molecule has 5 aliphatic heterocycles. The van der Waals surface area contributed by atoms with E-state index in [2.05, 4.69) is 28.5 Å². The third-order valence-electron chi connectivity index (χ3n) is 14.6. The lowest BCUT2D eigenvalue weighted by atomic mass is 9.56. The number of allylic oxidation sites excluding steroid dienone is 1. The number of nitrogens with two attached hydrogens (primary N) is 1. The van der Waals surface area contributed by atoms with Gasteiger partial charge in [0.2, 0.25) is 5.91 Å². The number of hydrogen-bond acceptors (Lipinski definition) is 12. The monoisotopic (exact) mass is 756 g/mol. The van der Waals surface area contributed by atoms with E-state index in [1.807, 2.05) is 35.6 Å². The minimum absolute atomic E-state index is 0.00338. The van der Waals surface area contributed by atoms with E-state index in [0.717, 1.165) is 37.7 Å². The molecular formula is C39H56N4O7S2. The van der Waals surface area contributed by atoms with E-state index in [1.54, 1.807) is 13.0 Å². The molecule has 3 aliphatic carbocycles. The van der Waals surface area contributed by atoms with E-state index in [0.29, 0.717) is 56.7 Å². The van der Waals surface area contributed by atoms with E-state index in [-0.39, 0.29) is 89.1 Å². The Morgan fingerprint density at radius 2 is 1.98 bits per heavy atom. The van der Waals surface area contributed by atoms with E-state index >= 15 is 0 Å². The lowest BCUT2D eigenvalue weighted by Crippen LogP contribution is -2.72. The Labute approximate surface area is 315 Å². The van der Waals surface area contributed by atoms with Crippen LogP contribution in [0.2, 0.25) is 0 Å². The van der Waals surface area contributed by atoms with Crippen molar-refractivity contribution >= 4 is 45.7 Å². The summed E-state index contributed by atoms with van der Waals surface area (Å²) in [6, 6.07) is 0.185. The molecular weight excluding hydrogens is 701 g/mol. The van der Waals surface area contributed by atoms with E-state index in [9.17, 15) is 19.2 Å². The van der Waals surface area contributed by atoms with Gasteiger partial charge in [0.1, 0.15) is 23.6 Å². The van der Waals surface area contributed by atoms with Gasteiger partial charge in [0.25, 0.3) is 0 Å². The topological polar surface area (TPSA) is 149 Å². The molecule has 2 saturated carbocycles. The van der Waals surface area contributed by atoms with Crippen molar-refractivity contribution in [3.63, 3.8) is 0 Å². The highest BCUT2D eigenvalue weighted by atomic mass is 33.1. The number of amides is 1. The predicted octanol–water partition coefficient (Wildman–Crippen LogP) is 3.76. The summed E-state index contributed by atoms with van der Waals surface area (Å²) in [5.41, 5.74) is 6.75. The van der Waals surface area contributed by atoms with Crippen molar-refractivity contribution in [2.45, 2.75) is 125 Å². The van der Waals surface area contributed by atoms with Crippen molar-refractivity contribution in [1.29, 1.82) is 0 Å². The van der Waals surface area contributed by atoms with E-state index in [4.69, 9.17) is 19.9 Å². The molecule has 7 fully saturated rings. The van der Waals surface area contributed by atoms with Gasteiger partial charge in [-0.1, -0.05) is 39.3 Å². The fourth-order valence-electron chi connectivity index (χ4n) is 11.8. The predicted molar refractivity (Wildman–Crippen MR) is 200 cm³/mol. The first kappa shape index (κ1) is 37.0. The fourth-order valence-corrected chi connectivity index (χ4v) is 14.9. The molecule has 52 heavy (non-hydrogen) atoms. The highest BCUT2D eigenvalue weighted by molar-refractivity contribution is 8.77. The summed E-state index contributed by atoms with van der Waals surface area (Å²) in [6.07, 6.45) is 10.6. The van der Waals surface area contributed by atoms with Gasteiger partial charge < -0.3 is 40.3 Å². The van der Waals surface area contributed by atoms with Gasteiger partial charge in [0.05, 0.1) is 18.3 Å². The van der Waals surface area contributed by atoms with Crippen LogP contribution in [0.1, 0.15) is 78.6 Å². The van der Waals surface area contributed by atoms with Crippen LogP contribution in [0.4, 0.5) is 0 Å². The molecule has 1 spiro atoms. The third-order valence-corrected chi connectivity index (χ3v) is 17.4. The molecule has 1 amide bonds. The molecule has 0 aromatic heterocycles. The Kier molecular flexibility index (Phi) is 10.2. The Hall–Kier alpha value is -1.90. The molecule has 7 unspecified atom stereocenters. The second-order valence-electron chi connectivity index (χ2n) is 17.2. The summed E-state index contributed by atoms with van der Waals surface area (Å²) in [6.45, 7) is 7.00. The van der Waals surface area contributed by atoms with Crippen LogP contribution in [0.5, 0.6) is 0 Å². The van der Waals surface area contributed by atoms with Gasteiger partial charge in [-0.15, -0.1) is 0 Å². The molecule has 15 atom stereocenters. The van der Waals surface area contributed by atoms with Crippen LogP contribution in [0, 0.1) is 41.4 Å². The number of ether oxygens (including phenoxy) is 3. The smallest absolute Gasteiger partial charge is 0.334 e. The zero-order chi connectivity index (χ0) is 36.5. The first-order valence-corrected chi connectivity index (χ1v) is 22.0. The molecule has 8 aliphatic rings. The second kappa shape index (κ2) is 14.3. The molecule has 0 bridgehead atoms. The Morgan fingerprint density at radius 3 is 2.75 bits per heavy atom. The minimum atomic E-state index is -0.974. The Balaban J connectivity index is 1.19. The van der Waals surface area contributed by atoms with E-state index < -0.39 is 11.2 Å². The summed E-state index contributed by atoms with van der Waals surface area (Å²) in [4.78, 5) is 54.9.